The number of hydrogen-bond donors (Lipinski definition) is 1. The first-order valence-electron chi connectivity index (χ1n) is 10.4. The molecule has 1 aliphatic rings. The highest BCUT2D eigenvalue weighted by Crippen LogP contribution is 2.28. The van der Waals surface area contributed by atoms with E-state index in [1.165, 1.54) is 11.0 Å². The zero-order valence-corrected chi connectivity index (χ0v) is 19.0. The summed E-state index contributed by atoms with van der Waals surface area (Å²) in [5.74, 6) is 0.835. The predicted octanol–water partition coefficient (Wildman–Crippen LogP) is 5.10. The molecule has 0 aromatic heterocycles. The number of benzene rings is 3. The molecule has 1 heterocycles. The molecule has 4 rings (SSSR count). The fourth-order valence-corrected chi connectivity index (χ4v) is 3.58. The summed E-state index contributed by atoms with van der Waals surface area (Å²) in [6.07, 6.45) is 1.47. The number of anilines is 1. The molecule has 0 atom stereocenters. The molecule has 1 N–H and O–H groups in total. The molecule has 0 unspecified atom stereocenters. The highest BCUT2D eigenvalue weighted by Gasteiger charge is 2.34. The molecule has 7 heteroatoms. The Morgan fingerprint density at radius 2 is 1.52 bits per heavy atom. The van der Waals surface area contributed by atoms with Crippen molar-refractivity contribution < 1.29 is 19.1 Å². The minimum absolute atomic E-state index is 0.0191. The summed E-state index contributed by atoms with van der Waals surface area (Å²) < 4.78 is 11.6. The first kappa shape index (κ1) is 22.2. The molecule has 0 aliphatic carbocycles. The monoisotopic (exact) mass is 458 g/mol. The van der Waals surface area contributed by atoms with Gasteiger partial charge in [-0.1, -0.05) is 36.4 Å². The Hall–Kier alpha value is -3.97. The van der Waals surface area contributed by atoms with Crippen LogP contribution in [0.1, 0.15) is 19.4 Å². The van der Waals surface area contributed by atoms with E-state index in [1.807, 2.05) is 56.3 Å². The maximum absolute atomic E-state index is 13.3. The van der Waals surface area contributed by atoms with E-state index in [0.29, 0.717) is 28.5 Å². The third-order valence-corrected chi connectivity index (χ3v) is 5.04. The van der Waals surface area contributed by atoms with Gasteiger partial charge in [-0.15, -0.1) is 0 Å². The number of rotatable bonds is 6. The van der Waals surface area contributed by atoms with Crippen LogP contribution < -0.4 is 19.7 Å². The van der Waals surface area contributed by atoms with E-state index in [9.17, 15) is 9.59 Å². The maximum Gasteiger partial charge on any atom is 0.270 e. The van der Waals surface area contributed by atoms with Gasteiger partial charge in [0.15, 0.2) is 5.11 Å². The minimum Gasteiger partial charge on any atom is -0.490 e. The van der Waals surface area contributed by atoms with Crippen molar-refractivity contribution in [3.63, 3.8) is 0 Å². The molecule has 2 amide bonds. The molecular formula is C26H22N2O4S. The number of carbonyl (C=O) groups is 2. The fourth-order valence-electron chi connectivity index (χ4n) is 3.30. The van der Waals surface area contributed by atoms with Gasteiger partial charge in [0.1, 0.15) is 22.8 Å². The van der Waals surface area contributed by atoms with Crippen molar-refractivity contribution in [2.75, 3.05) is 4.90 Å². The second-order valence-corrected chi connectivity index (χ2v) is 7.96. The number of nitrogens with one attached hydrogen (secondary N) is 1. The molecule has 3 aromatic carbocycles. The van der Waals surface area contributed by atoms with Gasteiger partial charge in [-0.25, -0.2) is 0 Å². The molecular weight excluding hydrogens is 436 g/mol. The fraction of sp³-hybridized carbons (Fsp3) is 0.115. The molecule has 3 aromatic rings. The average Bonchev–Trinajstić information content (AvgIpc) is 2.79. The first-order chi connectivity index (χ1) is 15.9. The largest absolute Gasteiger partial charge is 0.490 e. The second kappa shape index (κ2) is 9.67. The summed E-state index contributed by atoms with van der Waals surface area (Å²) in [6, 6.07) is 23.5. The highest BCUT2D eigenvalue weighted by molar-refractivity contribution is 7.80. The van der Waals surface area contributed by atoms with Gasteiger partial charge in [-0.3, -0.25) is 19.8 Å². The standard InChI is InChI=1S/C26H22N2O4S/c1-17(2)31-23-11-7-6-8-18(23)16-22-24(29)27-26(33)28(25(22)30)19-12-14-21(15-13-19)32-20-9-4-3-5-10-20/h3-17H,1-2H3,(H,27,29,33). The SMILES string of the molecule is CC(C)Oc1ccccc1C=C1C(=O)NC(=S)N(c2ccc(Oc3ccccc3)cc2)C1=O. The molecule has 1 saturated heterocycles. The van der Waals surface area contributed by atoms with Crippen LogP contribution in [0.4, 0.5) is 5.69 Å². The van der Waals surface area contributed by atoms with Gasteiger partial charge in [0, 0.05) is 5.56 Å². The molecule has 0 radical (unpaired) electrons. The van der Waals surface area contributed by atoms with Crippen LogP contribution in [-0.4, -0.2) is 23.0 Å². The topological polar surface area (TPSA) is 67.9 Å². The van der Waals surface area contributed by atoms with Gasteiger partial charge in [0.25, 0.3) is 11.8 Å². The lowest BCUT2D eigenvalue weighted by Crippen LogP contribution is -2.54. The Labute approximate surface area is 197 Å². The third kappa shape index (κ3) is 5.10. The minimum atomic E-state index is -0.551. The van der Waals surface area contributed by atoms with E-state index in [-0.39, 0.29) is 16.8 Å². The van der Waals surface area contributed by atoms with Crippen LogP contribution >= 0.6 is 12.2 Å². The number of carbonyl (C=O) groups excluding carboxylic acids is 2. The van der Waals surface area contributed by atoms with E-state index < -0.39 is 11.8 Å². The second-order valence-electron chi connectivity index (χ2n) is 7.57. The van der Waals surface area contributed by atoms with Crippen molar-refractivity contribution in [1.82, 2.24) is 5.32 Å². The number of para-hydroxylation sites is 2. The predicted molar refractivity (Wildman–Crippen MR) is 131 cm³/mol. The molecule has 6 nitrogen and oxygen atoms in total. The Morgan fingerprint density at radius 1 is 0.879 bits per heavy atom. The lowest BCUT2D eigenvalue weighted by Gasteiger charge is -2.29. The van der Waals surface area contributed by atoms with Crippen molar-refractivity contribution in [3.8, 4) is 17.2 Å². The van der Waals surface area contributed by atoms with Crippen LogP contribution in [0, 0.1) is 0 Å². The molecule has 1 aliphatic heterocycles. The van der Waals surface area contributed by atoms with Crippen LogP contribution in [0.5, 0.6) is 17.2 Å². The molecule has 0 bridgehead atoms. The van der Waals surface area contributed by atoms with Crippen LogP contribution in [0.3, 0.4) is 0 Å². The smallest absolute Gasteiger partial charge is 0.270 e. The molecule has 33 heavy (non-hydrogen) atoms. The maximum atomic E-state index is 13.3. The highest BCUT2D eigenvalue weighted by atomic mass is 32.1. The van der Waals surface area contributed by atoms with E-state index in [0.717, 1.165) is 0 Å². The number of nitrogens with zero attached hydrogens (tertiary/aromatic N) is 1. The summed E-state index contributed by atoms with van der Waals surface area (Å²) in [5.41, 5.74) is 1.11. The van der Waals surface area contributed by atoms with Gasteiger partial charge >= 0.3 is 0 Å². The van der Waals surface area contributed by atoms with Gasteiger partial charge in [0.05, 0.1) is 11.8 Å². The summed E-state index contributed by atoms with van der Waals surface area (Å²) in [7, 11) is 0. The zero-order valence-electron chi connectivity index (χ0n) is 18.1. The third-order valence-electron chi connectivity index (χ3n) is 4.76. The van der Waals surface area contributed by atoms with Crippen molar-refractivity contribution in [2.24, 2.45) is 0 Å². The summed E-state index contributed by atoms with van der Waals surface area (Å²) in [6.45, 7) is 3.82. The van der Waals surface area contributed by atoms with E-state index in [1.54, 1.807) is 36.4 Å². The normalized spacial score (nSPS) is 15.1. The zero-order chi connectivity index (χ0) is 23.4. The van der Waals surface area contributed by atoms with Gasteiger partial charge in [-0.05, 0) is 74.6 Å². The number of thiocarbonyl (C=S) groups is 1. The molecule has 1 fully saturated rings. The van der Waals surface area contributed by atoms with Crippen LogP contribution in [0.25, 0.3) is 6.08 Å². The van der Waals surface area contributed by atoms with Crippen LogP contribution in [-0.2, 0) is 9.59 Å². The Kier molecular flexibility index (Phi) is 6.51. The number of amides is 2. The van der Waals surface area contributed by atoms with Crippen LogP contribution in [0.15, 0.2) is 84.4 Å². The Balaban J connectivity index is 1.61. The van der Waals surface area contributed by atoms with Crippen molar-refractivity contribution >= 4 is 40.9 Å². The Bertz CT molecular complexity index is 1220. The molecule has 0 saturated carbocycles. The summed E-state index contributed by atoms with van der Waals surface area (Å²) in [5, 5.41) is 2.62. The lowest BCUT2D eigenvalue weighted by atomic mass is 10.1. The average molecular weight is 459 g/mol. The summed E-state index contributed by atoms with van der Waals surface area (Å²) >= 11 is 5.29. The number of hydrogen-bond acceptors (Lipinski definition) is 5. The number of ether oxygens (including phenoxy) is 2. The van der Waals surface area contributed by atoms with Crippen molar-refractivity contribution in [1.29, 1.82) is 0 Å². The van der Waals surface area contributed by atoms with E-state index in [4.69, 9.17) is 21.7 Å². The van der Waals surface area contributed by atoms with E-state index in [2.05, 4.69) is 5.32 Å². The quantitative estimate of drug-likeness (QED) is 0.316. The molecule has 166 valence electrons. The first-order valence-corrected chi connectivity index (χ1v) is 10.8. The lowest BCUT2D eigenvalue weighted by molar-refractivity contribution is -0.122. The summed E-state index contributed by atoms with van der Waals surface area (Å²) in [4.78, 5) is 27.2. The Morgan fingerprint density at radius 3 is 2.21 bits per heavy atom. The van der Waals surface area contributed by atoms with Gasteiger partial charge in [-0.2, -0.15) is 0 Å². The van der Waals surface area contributed by atoms with Crippen LogP contribution in [0.2, 0.25) is 0 Å². The molecule has 0 spiro atoms. The van der Waals surface area contributed by atoms with Crippen molar-refractivity contribution in [3.05, 3.63) is 90.0 Å². The van der Waals surface area contributed by atoms with Gasteiger partial charge < -0.3 is 9.47 Å². The van der Waals surface area contributed by atoms with Crippen molar-refractivity contribution in [2.45, 2.75) is 20.0 Å². The van der Waals surface area contributed by atoms with E-state index >= 15 is 0 Å². The van der Waals surface area contributed by atoms with Gasteiger partial charge in [0.2, 0.25) is 0 Å².